The lowest BCUT2D eigenvalue weighted by Gasteiger charge is -2.28. The molecule has 0 heterocycles. The Kier molecular flexibility index (Phi) is 5.54. The van der Waals surface area contributed by atoms with Gasteiger partial charge in [0.1, 0.15) is 0 Å². The van der Waals surface area contributed by atoms with E-state index in [1.54, 1.807) is 0 Å². The first-order chi connectivity index (χ1) is 6.70. The van der Waals surface area contributed by atoms with Crippen molar-refractivity contribution in [3.63, 3.8) is 0 Å². The van der Waals surface area contributed by atoms with E-state index in [0.717, 1.165) is 17.9 Å². The molecular formula is C13H27N. The maximum absolute atomic E-state index is 3.68. The Balaban J connectivity index is 2.10. The van der Waals surface area contributed by atoms with Crippen LogP contribution in [-0.2, 0) is 0 Å². The Labute approximate surface area is 89.7 Å². The molecule has 0 aliphatic heterocycles. The summed E-state index contributed by atoms with van der Waals surface area (Å²) < 4.78 is 0. The van der Waals surface area contributed by atoms with Crippen LogP contribution in [0.5, 0.6) is 0 Å². The molecule has 84 valence electrons. The molecule has 0 radical (unpaired) electrons. The van der Waals surface area contributed by atoms with Gasteiger partial charge >= 0.3 is 0 Å². The topological polar surface area (TPSA) is 12.0 Å². The molecule has 0 unspecified atom stereocenters. The summed E-state index contributed by atoms with van der Waals surface area (Å²) in [5.41, 5.74) is 0. The van der Waals surface area contributed by atoms with Crippen molar-refractivity contribution in [2.75, 3.05) is 6.54 Å². The Hall–Kier alpha value is -0.0400. The molecule has 1 rings (SSSR count). The van der Waals surface area contributed by atoms with Crippen LogP contribution in [0.4, 0.5) is 0 Å². The Morgan fingerprint density at radius 1 is 1.07 bits per heavy atom. The summed E-state index contributed by atoms with van der Waals surface area (Å²) in [6.45, 7) is 8.17. The molecule has 0 saturated heterocycles. The zero-order valence-electron chi connectivity index (χ0n) is 10.2. The van der Waals surface area contributed by atoms with Crippen LogP contribution in [0.15, 0.2) is 0 Å². The second kappa shape index (κ2) is 6.44. The van der Waals surface area contributed by atoms with E-state index in [1.165, 1.54) is 45.1 Å². The summed E-state index contributed by atoms with van der Waals surface area (Å²) in [6, 6.07) is 0.744. The quantitative estimate of drug-likeness (QED) is 0.710. The highest BCUT2D eigenvalue weighted by Gasteiger charge is 2.19. The molecule has 1 fully saturated rings. The molecule has 1 saturated carbocycles. The van der Waals surface area contributed by atoms with Crippen molar-refractivity contribution in [3.05, 3.63) is 0 Å². The van der Waals surface area contributed by atoms with Crippen molar-refractivity contribution in [1.82, 2.24) is 5.32 Å². The SMILES string of the molecule is CC(C)CCN[C@@H](C)C1CCCCC1. The fourth-order valence-corrected chi connectivity index (χ4v) is 2.40. The molecular weight excluding hydrogens is 170 g/mol. The summed E-state index contributed by atoms with van der Waals surface area (Å²) in [7, 11) is 0. The number of nitrogens with one attached hydrogen (secondary N) is 1. The van der Waals surface area contributed by atoms with Gasteiger partial charge in [0.05, 0.1) is 0 Å². The number of hydrogen-bond acceptors (Lipinski definition) is 1. The molecule has 0 aromatic carbocycles. The van der Waals surface area contributed by atoms with Crippen LogP contribution >= 0.6 is 0 Å². The van der Waals surface area contributed by atoms with E-state index in [9.17, 15) is 0 Å². The van der Waals surface area contributed by atoms with E-state index in [-0.39, 0.29) is 0 Å². The number of rotatable bonds is 5. The molecule has 0 aromatic heterocycles. The molecule has 0 spiro atoms. The normalized spacial score (nSPS) is 21.4. The van der Waals surface area contributed by atoms with Crippen LogP contribution < -0.4 is 5.32 Å². The van der Waals surface area contributed by atoms with Gasteiger partial charge in [-0.2, -0.15) is 0 Å². The third kappa shape index (κ3) is 4.45. The molecule has 1 nitrogen and oxygen atoms in total. The highest BCUT2D eigenvalue weighted by molar-refractivity contribution is 4.75. The van der Waals surface area contributed by atoms with E-state index < -0.39 is 0 Å². The highest BCUT2D eigenvalue weighted by Crippen LogP contribution is 2.26. The Morgan fingerprint density at radius 2 is 1.71 bits per heavy atom. The summed E-state index contributed by atoms with van der Waals surface area (Å²) in [4.78, 5) is 0. The molecule has 1 atom stereocenters. The third-order valence-electron chi connectivity index (χ3n) is 3.54. The van der Waals surface area contributed by atoms with Crippen molar-refractivity contribution in [1.29, 1.82) is 0 Å². The molecule has 1 aliphatic carbocycles. The van der Waals surface area contributed by atoms with Crippen molar-refractivity contribution in [3.8, 4) is 0 Å². The van der Waals surface area contributed by atoms with Crippen molar-refractivity contribution < 1.29 is 0 Å². The first-order valence-corrected chi connectivity index (χ1v) is 6.43. The lowest BCUT2D eigenvalue weighted by molar-refractivity contribution is 0.278. The highest BCUT2D eigenvalue weighted by atomic mass is 14.9. The zero-order valence-corrected chi connectivity index (χ0v) is 10.2. The molecule has 1 aliphatic rings. The lowest BCUT2D eigenvalue weighted by atomic mass is 9.84. The minimum Gasteiger partial charge on any atom is -0.314 e. The smallest absolute Gasteiger partial charge is 0.00669 e. The fourth-order valence-electron chi connectivity index (χ4n) is 2.40. The van der Waals surface area contributed by atoms with Crippen LogP contribution in [0.25, 0.3) is 0 Å². The largest absolute Gasteiger partial charge is 0.314 e. The lowest BCUT2D eigenvalue weighted by Crippen LogP contribution is -2.35. The maximum Gasteiger partial charge on any atom is 0.00669 e. The standard InChI is InChI=1S/C13H27N/c1-11(2)9-10-14-12(3)13-7-5-4-6-8-13/h11-14H,4-10H2,1-3H3/t12-/m0/s1. The summed E-state index contributed by atoms with van der Waals surface area (Å²) in [5, 5.41) is 3.68. The van der Waals surface area contributed by atoms with Gasteiger partial charge in [-0.1, -0.05) is 33.1 Å². The second-order valence-electron chi connectivity index (χ2n) is 5.32. The first kappa shape index (κ1) is 12.0. The monoisotopic (exact) mass is 197 g/mol. The molecule has 0 amide bonds. The van der Waals surface area contributed by atoms with Crippen LogP contribution in [0, 0.1) is 11.8 Å². The number of hydrogen-bond donors (Lipinski definition) is 1. The van der Waals surface area contributed by atoms with Crippen LogP contribution in [-0.4, -0.2) is 12.6 Å². The van der Waals surface area contributed by atoms with Crippen LogP contribution in [0.3, 0.4) is 0 Å². The summed E-state index contributed by atoms with van der Waals surface area (Å²) in [6.07, 6.45) is 8.61. The zero-order chi connectivity index (χ0) is 10.4. The van der Waals surface area contributed by atoms with E-state index in [1.807, 2.05) is 0 Å². The first-order valence-electron chi connectivity index (χ1n) is 6.43. The predicted molar refractivity (Wildman–Crippen MR) is 63.5 cm³/mol. The van der Waals surface area contributed by atoms with Crippen molar-refractivity contribution in [2.45, 2.75) is 65.3 Å². The van der Waals surface area contributed by atoms with Gasteiger partial charge < -0.3 is 5.32 Å². The second-order valence-corrected chi connectivity index (χ2v) is 5.32. The summed E-state index contributed by atoms with van der Waals surface area (Å²) >= 11 is 0. The van der Waals surface area contributed by atoms with Crippen molar-refractivity contribution in [2.24, 2.45) is 11.8 Å². The van der Waals surface area contributed by atoms with Gasteiger partial charge in [-0.3, -0.25) is 0 Å². The van der Waals surface area contributed by atoms with Gasteiger partial charge in [0, 0.05) is 6.04 Å². The van der Waals surface area contributed by atoms with Gasteiger partial charge in [0.25, 0.3) is 0 Å². The van der Waals surface area contributed by atoms with Gasteiger partial charge in [-0.25, -0.2) is 0 Å². The fraction of sp³-hybridized carbons (Fsp3) is 1.00. The van der Waals surface area contributed by atoms with Crippen LogP contribution in [0.1, 0.15) is 59.3 Å². The third-order valence-corrected chi connectivity index (χ3v) is 3.54. The van der Waals surface area contributed by atoms with E-state index in [2.05, 4.69) is 26.1 Å². The average Bonchev–Trinajstić information content (AvgIpc) is 2.18. The minimum absolute atomic E-state index is 0.744. The average molecular weight is 197 g/mol. The van der Waals surface area contributed by atoms with Gasteiger partial charge in [0.2, 0.25) is 0 Å². The minimum atomic E-state index is 0.744. The molecule has 0 aromatic rings. The van der Waals surface area contributed by atoms with Crippen molar-refractivity contribution >= 4 is 0 Å². The van der Waals surface area contributed by atoms with E-state index >= 15 is 0 Å². The predicted octanol–water partition coefficient (Wildman–Crippen LogP) is 3.59. The van der Waals surface area contributed by atoms with E-state index in [4.69, 9.17) is 0 Å². The Morgan fingerprint density at radius 3 is 2.29 bits per heavy atom. The summed E-state index contributed by atoms with van der Waals surface area (Å²) in [5.74, 6) is 1.79. The van der Waals surface area contributed by atoms with Gasteiger partial charge in [0.15, 0.2) is 0 Å². The van der Waals surface area contributed by atoms with Crippen LogP contribution in [0.2, 0.25) is 0 Å². The molecule has 0 bridgehead atoms. The van der Waals surface area contributed by atoms with E-state index in [0.29, 0.717) is 0 Å². The Bertz CT molecular complexity index is 136. The molecule has 1 heteroatoms. The maximum atomic E-state index is 3.68. The molecule has 1 N–H and O–H groups in total. The van der Waals surface area contributed by atoms with Gasteiger partial charge in [-0.05, 0) is 44.6 Å². The van der Waals surface area contributed by atoms with Gasteiger partial charge in [-0.15, -0.1) is 0 Å². The molecule has 14 heavy (non-hydrogen) atoms.